The summed E-state index contributed by atoms with van der Waals surface area (Å²) in [4.78, 5) is 36.0. The van der Waals surface area contributed by atoms with Crippen LogP contribution in [-0.2, 0) is 28.6 Å². The summed E-state index contributed by atoms with van der Waals surface area (Å²) in [6.45, 7) is 10.8. The molecule has 0 bridgehead atoms. The minimum atomic E-state index is -5.18. The molecule has 0 aromatic rings. The van der Waals surface area contributed by atoms with Crippen LogP contribution in [0.25, 0.3) is 0 Å². The first-order chi connectivity index (χ1) is 17.0. The lowest BCUT2D eigenvalue weighted by Gasteiger charge is -2.65. The monoisotopic (exact) mass is 530 g/mol. The minimum Gasteiger partial charge on any atom is -0.459 e. The molecule has 1 aliphatic heterocycles. The van der Waals surface area contributed by atoms with Crippen molar-refractivity contribution in [1.82, 2.24) is 0 Å². The maximum atomic E-state index is 13.0. The zero-order chi connectivity index (χ0) is 28.0. The molecule has 0 spiro atoms. The predicted octanol–water partition coefficient (Wildman–Crippen LogP) is 4.82. The molecule has 0 amide bonds. The highest BCUT2D eigenvalue weighted by Crippen LogP contribution is 2.65. The molecule has 0 radical (unpaired) electrons. The van der Waals surface area contributed by atoms with Crippen LogP contribution < -0.4 is 0 Å². The first-order valence-corrected chi connectivity index (χ1v) is 12.7. The average Bonchev–Trinajstić information content (AvgIpc) is 3.23. The van der Waals surface area contributed by atoms with Crippen molar-refractivity contribution in [3.05, 3.63) is 23.3 Å². The molecule has 2 fully saturated rings. The molecule has 0 unspecified atom stereocenters. The molecule has 2 aliphatic carbocycles. The molecule has 37 heavy (non-hydrogen) atoms. The third-order valence-corrected chi connectivity index (χ3v) is 9.49. The van der Waals surface area contributed by atoms with Crippen LogP contribution in [0.3, 0.4) is 0 Å². The van der Waals surface area contributed by atoms with E-state index in [0.29, 0.717) is 24.8 Å². The Morgan fingerprint density at radius 3 is 2.41 bits per heavy atom. The van der Waals surface area contributed by atoms with Gasteiger partial charge in [0.05, 0.1) is 0 Å². The van der Waals surface area contributed by atoms with Gasteiger partial charge in [-0.2, -0.15) is 13.2 Å². The molecule has 0 aromatic carbocycles. The molecule has 7 nitrogen and oxygen atoms in total. The second-order valence-electron chi connectivity index (χ2n) is 11.4. The fraction of sp³-hybridized carbons (Fsp3) is 0.741. The van der Waals surface area contributed by atoms with Crippen molar-refractivity contribution in [3.63, 3.8) is 0 Å². The molecule has 208 valence electrons. The minimum absolute atomic E-state index is 0.0593. The van der Waals surface area contributed by atoms with Crippen LogP contribution in [0.5, 0.6) is 0 Å². The van der Waals surface area contributed by atoms with E-state index in [1.54, 1.807) is 26.8 Å². The van der Waals surface area contributed by atoms with E-state index in [9.17, 15) is 32.7 Å². The van der Waals surface area contributed by atoms with E-state index in [2.05, 4.69) is 0 Å². The SMILES string of the molecule is C/C=C(/C)C(=O)O[C@H]1C[C@]2(C)[C@@H](CC[C@@H](OC(=O)C(F)(F)F)[C@]2(C)O)[C@](C)(CCC2=CC(=O)OC2)[C@@H]1C. The summed E-state index contributed by atoms with van der Waals surface area (Å²) < 4.78 is 54.7. The number of cyclic esters (lactones) is 1. The number of hydrogen-bond acceptors (Lipinski definition) is 7. The zero-order valence-electron chi connectivity index (χ0n) is 22.2. The average molecular weight is 531 g/mol. The second kappa shape index (κ2) is 10.1. The standard InChI is InChI=1S/C27H37F3O7/c1-7-15(2)22(32)36-18-13-25(5)19(8-9-20(26(25,6)34)37-23(33)27(28,29)30)24(4,16(18)3)11-10-17-12-21(31)35-14-17/h7,12,16,18-20,34H,8-11,13-14H2,1-6H3/b15-7-/t16-,18+,19+,20-,24-,25-,26+/m1/s1. The number of hydrogen-bond donors (Lipinski definition) is 1. The van der Waals surface area contributed by atoms with E-state index in [-0.39, 0.29) is 31.3 Å². The molecule has 1 N–H and O–H groups in total. The molecular formula is C27H37F3O7. The number of carbonyl (C=O) groups excluding carboxylic acids is 3. The van der Waals surface area contributed by atoms with E-state index >= 15 is 0 Å². The van der Waals surface area contributed by atoms with Crippen LogP contribution in [0.15, 0.2) is 23.3 Å². The summed E-state index contributed by atoms with van der Waals surface area (Å²) in [6, 6.07) is 0. The summed E-state index contributed by atoms with van der Waals surface area (Å²) in [7, 11) is 0. The Hall–Kier alpha value is -2.36. The van der Waals surface area contributed by atoms with Crippen molar-refractivity contribution >= 4 is 17.9 Å². The first kappa shape index (κ1) is 29.2. The van der Waals surface area contributed by atoms with Crippen LogP contribution in [0.1, 0.15) is 73.6 Å². The quantitative estimate of drug-likeness (QED) is 0.299. The molecule has 3 aliphatic rings. The highest BCUT2D eigenvalue weighted by molar-refractivity contribution is 5.87. The Labute approximate surface area is 215 Å². The largest absolute Gasteiger partial charge is 0.490 e. The molecule has 3 rings (SSSR count). The van der Waals surface area contributed by atoms with Crippen molar-refractivity contribution in [3.8, 4) is 0 Å². The molecule has 2 saturated carbocycles. The number of fused-ring (bicyclic) bond motifs is 1. The summed E-state index contributed by atoms with van der Waals surface area (Å²) in [5.74, 6) is -3.59. The van der Waals surface area contributed by atoms with E-state index < -0.39 is 52.7 Å². The van der Waals surface area contributed by atoms with Gasteiger partial charge in [0.1, 0.15) is 24.4 Å². The number of carbonyl (C=O) groups is 3. The van der Waals surface area contributed by atoms with Gasteiger partial charge in [-0.05, 0) is 75.7 Å². The fourth-order valence-electron chi connectivity index (χ4n) is 6.63. The van der Waals surface area contributed by atoms with Crippen molar-refractivity contribution < 1.29 is 46.9 Å². The molecule has 0 aromatic heterocycles. The van der Waals surface area contributed by atoms with Gasteiger partial charge in [-0.1, -0.05) is 26.8 Å². The van der Waals surface area contributed by atoms with Gasteiger partial charge in [-0.3, -0.25) is 0 Å². The van der Waals surface area contributed by atoms with Gasteiger partial charge in [0, 0.05) is 17.1 Å². The van der Waals surface area contributed by atoms with Crippen molar-refractivity contribution in [1.29, 1.82) is 0 Å². The Bertz CT molecular complexity index is 998. The van der Waals surface area contributed by atoms with Crippen molar-refractivity contribution in [2.45, 2.75) is 97.6 Å². The van der Waals surface area contributed by atoms with Gasteiger partial charge in [-0.25, -0.2) is 14.4 Å². The van der Waals surface area contributed by atoms with Gasteiger partial charge in [-0.15, -0.1) is 0 Å². The van der Waals surface area contributed by atoms with Gasteiger partial charge in [0.15, 0.2) is 0 Å². The number of alkyl halides is 3. The lowest BCUT2D eigenvalue weighted by Crippen LogP contribution is -2.68. The third-order valence-electron chi connectivity index (χ3n) is 9.49. The zero-order valence-corrected chi connectivity index (χ0v) is 22.2. The second-order valence-corrected chi connectivity index (χ2v) is 11.4. The number of ether oxygens (including phenoxy) is 3. The maximum Gasteiger partial charge on any atom is 0.490 e. The smallest absolute Gasteiger partial charge is 0.459 e. The predicted molar refractivity (Wildman–Crippen MR) is 127 cm³/mol. The van der Waals surface area contributed by atoms with Crippen LogP contribution in [0, 0.1) is 22.7 Å². The van der Waals surface area contributed by atoms with Crippen LogP contribution >= 0.6 is 0 Å². The van der Waals surface area contributed by atoms with Gasteiger partial charge >= 0.3 is 24.1 Å². The maximum absolute atomic E-state index is 13.0. The normalized spacial score (nSPS) is 38.4. The molecule has 1 heterocycles. The van der Waals surface area contributed by atoms with Gasteiger partial charge in [0.2, 0.25) is 0 Å². The molecule has 0 saturated heterocycles. The number of rotatable bonds is 6. The molecular weight excluding hydrogens is 493 g/mol. The molecule has 7 atom stereocenters. The first-order valence-electron chi connectivity index (χ1n) is 12.7. The van der Waals surface area contributed by atoms with Gasteiger partial charge in [0.25, 0.3) is 0 Å². The number of allylic oxidation sites excluding steroid dienone is 1. The Morgan fingerprint density at radius 1 is 1.22 bits per heavy atom. The summed E-state index contributed by atoms with van der Waals surface area (Å²) >= 11 is 0. The van der Waals surface area contributed by atoms with E-state index in [0.717, 1.165) is 5.57 Å². The third kappa shape index (κ3) is 5.31. The Balaban J connectivity index is 1.99. The molecule has 10 heteroatoms. The summed E-state index contributed by atoms with van der Waals surface area (Å²) in [5.41, 5.74) is -2.15. The van der Waals surface area contributed by atoms with Crippen LogP contribution in [-0.4, -0.2) is 53.6 Å². The van der Waals surface area contributed by atoms with Crippen molar-refractivity contribution in [2.24, 2.45) is 22.7 Å². The number of halogens is 3. The van der Waals surface area contributed by atoms with Crippen LogP contribution in [0.4, 0.5) is 13.2 Å². The summed E-state index contributed by atoms with van der Waals surface area (Å²) in [5, 5.41) is 11.8. The highest BCUT2D eigenvalue weighted by Gasteiger charge is 2.67. The Kier molecular flexibility index (Phi) is 7.95. The van der Waals surface area contributed by atoms with E-state index in [1.165, 1.54) is 13.0 Å². The lowest BCUT2D eigenvalue weighted by molar-refractivity contribution is -0.270. The Morgan fingerprint density at radius 2 is 1.86 bits per heavy atom. The fourth-order valence-corrected chi connectivity index (χ4v) is 6.63. The van der Waals surface area contributed by atoms with E-state index in [4.69, 9.17) is 14.2 Å². The van der Waals surface area contributed by atoms with Gasteiger partial charge < -0.3 is 19.3 Å². The van der Waals surface area contributed by atoms with Crippen LogP contribution in [0.2, 0.25) is 0 Å². The van der Waals surface area contributed by atoms with E-state index in [1.807, 2.05) is 13.8 Å². The number of aliphatic hydroxyl groups is 1. The number of esters is 3. The van der Waals surface area contributed by atoms with Crippen molar-refractivity contribution in [2.75, 3.05) is 6.61 Å². The highest BCUT2D eigenvalue weighted by atomic mass is 19.4. The summed E-state index contributed by atoms with van der Waals surface area (Å²) in [6.07, 6.45) is -2.33. The lowest BCUT2D eigenvalue weighted by atomic mass is 9.42. The topological polar surface area (TPSA) is 99.1 Å².